The number of aromatic nitrogens is 4. The van der Waals surface area contributed by atoms with Gasteiger partial charge in [-0.25, -0.2) is 0 Å². The molecule has 14 heteroatoms. The molecule has 1 aliphatic heterocycles. The number of alkyl halides is 6. The van der Waals surface area contributed by atoms with Crippen molar-refractivity contribution in [1.82, 2.24) is 19.6 Å². The molecule has 2 bridgehead atoms. The lowest BCUT2D eigenvalue weighted by Gasteiger charge is -2.39. The molecule has 8 nitrogen and oxygen atoms in total. The fourth-order valence-electron chi connectivity index (χ4n) is 5.62. The van der Waals surface area contributed by atoms with Gasteiger partial charge in [0.05, 0.1) is 5.60 Å². The third-order valence-electron chi connectivity index (χ3n) is 7.42. The minimum absolute atomic E-state index is 0.167. The van der Waals surface area contributed by atoms with Crippen LogP contribution in [0, 0.1) is 17.8 Å². The smallest absolute Gasteiger partial charge is 0.433 e. The van der Waals surface area contributed by atoms with Crippen LogP contribution >= 0.6 is 0 Å². The first-order chi connectivity index (χ1) is 18.2. The maximum absolute atomic E-state index is 13.1. The third kappa shape index (κ3) is 5.85. The normalized spacial score (nSPS) is 22.0. The van der Waals surface area contributed by atoms with E-state index < -0.39 is 30.3 Å². The van der Waals surface area contributed by atoms with Crippen LogP contribution in [0.5, 0.6) is 5.88 Å². The molecule has 2 aliphatic rings. The molecule has 0 radical (unpaired) electrons. The summed E-state index contributed by atoms with van der Waals surface area (Å²) in [4.78, 5) is 9.85. The number of anilines is 2. The molecular formula is C25H28F6N6O2. The Morgan fingerprint density at radius 3 is 2.36 bits per heavy atom. The minimum atomic E-state index is -4.54. The SMILES string of the molecule is CC(C)(O)c1ccc(OCC(F)(F)F)n2nc(NCC3[C@@H]4CC[C@H]3CN(c3ccnc(C(F)(F)F)c3)C4)nc12. The molecule has 3 aromatic heterocycles. The van der Waals surface area contributed by atoms with E-state index in [2.05, 4.69) is 20.4 Å². The van der Waals surface area contributed by atoms with Gasteiger partial charge in [-0.05, 0) is 62.6 Å². The van der Waals surface area contributed by atoms with Gasteiger partial charge in [-0.3, -0.25) is 4.98 Å². The fourth-order valence-corrected chi connectivity index (χ4v) is 5.62. The van der Waals surface area contributed by atoms with E-state index in [-0.39, 0.29) is 35.2 Å². The number of pyridine rings is 2. The Morgan fingerprint density at radius 1 is 1.05 bits per heavy atom. The molecule has 1 unspecified atom stereocenters. The van der Waals surface area contributed by atoms with Crippen molar-refractivity contribution in [3.8, 4) is 5.88 Å². The molecule has 5 rings (SSSR count). The molecule has 1 saturated heterocycles. The highest BCUT2D eigenvalue weighted by molar-refractivity contribution is 5.55. The fraction of sp³-hybridized carbons (Fsp3) is 0.560. The molecule has 3 atom stereocenters. The van der Waals surface area contributed by atoms with Gasteiger partial charge in [0, 0.05) is 43.1 Å². The lowest BCUT2D eigenvalue weighted by Crippen LogP contribution is -2.44. The van der Waals surface area contributed by atoms with Crippen LogP contribution < -0.4 is 15.0 Å². The molecule has 212 valence electrons. The first kappa shape index (κ1) is 27.3. The van der Waals surface area contributed by atoms with Crippen LogP contribution in [-0.2, 0) is 11.8 Å². The number of piperidine rings is 1. The number of aliphatic hydroxyl groups is 1. The Bertz CT molecular complexity index is 1320. The summed E-state index contributed by atoms with van der Waals surface area (Å²) in [7, 11) is 0. The van der Waals surface area contributed by atoms with Crippen molar-refractivity contribution in [2.75, 3.05) is 36.5 Å². The van der Waals surface area contributed by atoms with Crippen LogP contribution in [0.3, 0.4) is 0 Å². The molecule has 2 fully saturated rings. The summed E-state index contributed by atoms with van der Waals surface area (Å²) in [5.74, 6) is 0.683. The number of ether oxygens (including phenoxy) is 1. The Hall–Kier alpha value is -3.29. The Kier molecular flexibility index (Phi) is 6.80. The first-order valence-electron chi connectivity index (χ1n) is 12.5. The minimum Gasteiger partial charge on any atom is -0.468 e. The van der Waals surface area contributed by atoms with E-state index in [9.17, 15) is 31.4 Å². The molecule has 0 spiro atoms. The molecule has 1 saturated carbocycles. The monoisotopic (exact) mass is 558 g/mol. The molecular weight excluding hydrogens is 530 g/mol. The highest BCUT2D eigenvalue weighted by Gasteiger charge is 2.42. The van der Waals surface area contributed by atoms with Gasteiger partial charge >= 0.3 is 12.4 Å². The summed E-state index contributed by atoms with van der Waals surface area (Å²) < 4.78 is 83.7. The number of hydrogen-bond acceptors (Lipinski definition) is 7. The summed E-state index contributed by atoms with van der Waals surface area (Å²) >= 11 is 0. The van der Waals surface area contributed by atoms with Crippen molar-refractivity contribution in [3.63, 3.8) is 0 Å². The topological polar surface area (TPSA) is 87.8 Å². The molecule has 0 aromatic carbocycles. The largest absolute Gasteiger partial charge is 0.468 e. The molecule has 1 aliphatic carbocycles. The molecule has 39 heavy (non-hydrogen) atoms. The predicted molar refractivity (Wildman–Crippen MR) is 129 cm³/mol. The Morgan fingerprint density at radius 2 is 1.74 bits per heavy atom. The van der Waals surface area contributed by atoms with Gasteiger partial charge in [0.2, 0.25) is 11.8 Å². The average molecular weight is 559 g/mol. The van der Waals surface area contributed by atoms with Crippen molar-refractivity contribution in [3.05, 3.63) is 41.7 Å². The van der Waals surface area contributed by atoms with Gasteiger partial charge in [-0.2, -0.15) is 35.8 Å². The summed E-state index contributed by atoms with van der Waals surface area (Å²) in [6.45, 7) is 3.25. The maximum atomic E-state index is 13.1. The van der Waals surface area contributed by atoms with E-state index in [4.69, 9.17) is 4.74 Å². The van der Waals surface area contributed by atoms with Crippen molar-refractivity contribution in [2.24, 2.45) is 17.8 Å². The van der Waals surface area contributed by atoms with E-state index in [1.807, 2.05) is 4.90 Å². The highest BCUT2D eigenvalue weighted by Crippen LogP contribution is 2.43. The zero-order valence-corrected chi connectivity index (χ0v) is 21.2. The van der Waals surface area contributed by atoms with Crippen LogP contribution in [-0.4, -0.2) is 57.1 Å². The van der Waals surface area contributed by atoms with Crippen molar-refractivity contribution < 1.29 is 36.2 Å². The first-order valence-corrected chi connectivity index (χ1v) is 12.5. The van der Waals surface area contributed by atoms with Gasteiger partial charge in [-0.15, -0.1) is 5.10 Å². The van der Waals surface area contributed by atoms with Crippen LogP contribution in [0.15, 0.2) is 30.5 Å². The van der Waals surface area contributed by atoms with Gasteiger partial charge in [0.15, 0.2) is 12.3 Å². The van der Waals surface area contributed by atoms with E-state index in [0.717, 1.165) is 23.4 Å². The average Bonchev–Trinajstić information content (AvgIpc) is 3.36. The summed E-state index contributed by atoms with van der Waals surface area (Å²) in [5, 5.41) is 18.0. The van der Waals surface area contributed by atoms with Gasteiger partial charge < -0.3 is 20.1 Å². The van der Waals surface area contributed by atoms with Crippen LogP contribution in [0.2, 0.25) is 0 Å². The van der Waals surface area contributed by atoms with Gasteiger partial charge in [0.1, 0.15) is 5.69 Å². The van der Waals surface area contributed by atoms with Gasteiger partial charge in [0.25, 0.3) is 0 Å². The number of hydrogen-bond donors (Lipinski definition) is 2. The van der Waals surface area contributed by atoms with Crippen molar-refractivity contribution in [2.45, 2.75) is 44.6 Å². The van der Waals surface area contributed by atoms with E-state index in [1.54, 1.807) is 6.07 Å². The second kappa shape index (κ2) is 9.72. The predicted octanol–water partition coefficient (Wildman–Crippen LogP) is 4.89. The number of fused-ring (bicyclic) bond motifs is 3. The van der Waals surface area contributed by atoms with Crippen molar-refractivity contribution >= 4 is 17.3 Å². The molecule has 0 amide bonds. The summed E-state index contributed by atoms with van der Waals surface area (Å²) in [6, 6.07) is 5.44. The lowest BCUT2D eigenvalue weighted by atomic mass is 9.85. The van der Waals surface area contributed by atoms with Crippen LogP contribution in [0.1, 0.15) is 37.9 Å². The molecule has 4 heterocycles. The van der Waals surface area contributed by atoms with E-state index in [0.29, 0.717) is 30.9 Å². The molecule has 3 aromatic rings. The number of halogens is 6. The summed E-state index contributed by atoms with van der Waals surface area (Å²) in [6.07, 6.45) is -6.01. The number of nitrogens with zero attached hydrogens (tertiary/aromatic N) is 5. The van der Waals surface area contributed by atoms with E-state index >= 15 is 0 Å². The van der Waals surface area contributed by atoms with Gasteiger partial charge in [-0.1, -0.05) is 0 Å². The quantitative estimate of drug-likeness (QED) is 0.400. The Labute approximate surface area is 220 Å². The van der Waals surface area contributed by atoms with Crippen LogP contribution in [0.25, 0.3) is 5.65 Å². The second-order valence-electron chi connectivity index (χ2n) is 10.7. The number of rotatable bonds is 7. The summed E-state index contributed by atoms with van der Waals surface area (Å²) in [5.41, 5.74) is -1.22. The maximum Gasteiger partial charge on any atom is 0.433 e. The number of nitrogens with one attached hydrogen (secondary N) is 1. The standard InChI is InChI=1S/C25H28F6N6O2/c1-23(2,38)18-5-6-20(39-13-24(26,27)28)37-21(18)34-22(35-37)33-10-17-14-3-4-15(17)12-36(11-14)16-7-8-32-19(9-16)25(29,30)31/h5-9,14-15,17,38H,3-4,10-13H2,1-2H3,(H,33,35)/t14-,15+,17?. The zero-order valence-electron chi connectivity index (χ0n) is 21.2. The molecule has 2 N–H and O–H groups in total. The Balaban J connectivity index is 1.31. The zero-order chi connectivity index (χ0) is 28.2. The second-order valence-corrected chi connectivity index (χ2v) is 10.7. The van der Waals surface area contributed by atoms with Crippen LogP contribution in [0.4, 0.5) is 38.0 Å². The van der Waals surface area contributed by atoms with Crippen molar-refractivity contribution in [1.29, 1.82) is 0 Å². The highest BCUT2D eigenvalue weighted by atomic mass is 19.4. The van der Waals surface area contributed by atoms with E-state index in [1.165, 1.54) is 32.2 Å². The lowest BCUT2D eigenvalue weighted by molar-refractivity contribution is -0.154. The third-order valence-corrected chi connectivity index (χ3v) is 7.42.